The molecule has 0 spiro atoms. The zero-order chi connectivity index (χ0) is 22.5. The Hall–Kier alpha value is -3.89. The molecule has 0 fully saturated rings. The van der Waals surface area contributed by atoms with Crippen molar-refractivity contribution >= 4 is 29.2 Å². The normalized spacial score (nSPS) is 10.5. The number of amides is 1. The standard InChI is InChI=1S/C27H20ClNO3/c28-21-16-14-19(15-17-21)26(30)29(22-9-2-1-3-10-22)18-20-8-4-5-11-23(20)24-12-6-7-13-25(24)27(31)32/h1-17H,18H2,(H,31,32). The molecule has 158 valence electrons. The van der Waals surface area contributed by atoms with Crippen LogP contribution in [0.4, 0.5) is 5.69 Å². The van der Waals surface area contributed by atoms with Crippen LogP contribution in [0.3, 0.4) is 0 Å². The van der Waals surface area contributed by atoms with Gasteiger partial charge in [0.15, 0.2) is 0 Å². The Labute approximate surface area is 191 Å². The van der Waals surface area contributed by atoms with Gasteiger partial charge in [0.05, 0.1) is 12.1 Å². The Bertz CT molecular complexity index is 1250. The van der Waals surface area contributed by atoms with Crippen LogP contribution in [0.15, 0.2) is 103 Å². The van der Waals surface area contributed by atoms with Gasteiger partial charge >= 0.3 is 5.97 Å². The van der Waals surface area contributed by atoms with E-state index in [0.29, 0.717) is 16.1 Å². The first-order valence-electron chi connectivity index (χ1n) is 10.1. The number of carbonyl (C=O) groups excluding carboxylic acids is 1. The van der Waals surface area contributed by atoms with Crippen molar-refractivity contribution in [1.82, 2.24) is 0 Å². The zero-order valence-corrected chi connectivity index (χ0v) is 17.9. The lowest BCUT2D eigenvalue weighted by molar-refractivity contribution is 0.0697. The third-order valence-corrected chi connectivity index (χ3v) is 5.45. The second-order valence-corrected chi connectivity index (χ2v) is 7.68. The topological polar surface area (TPSA) is 57.6 Å². The highest BCUT2D eigenvalue weighted by molar-refractivity contribution is 6.30. The van der Waals surface area contributed by atoms with Gasteiger partial charge in [-0.1, -0.05) is 72.3 Å². The van der Waals surface area contributed by atoms with Crippen molar-refractivity contribution in [3.63, 3.8) is 0 Å². The molecule has 5 heteroatoms. The van der Waals surface area contributed by atoms with E-state index in [1.54, 1.807) is 47.4 Å². The number of carboxylic acid groups (broad SMARTS) is 1. The van der Waals surface area contributed by atoms with Gasteiger partial charge in [-0.3, -0.25) is 4.79 Å². The fraction of sp³-hybridized carbons (Fsp3) is 0.0370. The van der Waals surface area contributed by atoms with E-state index in [4.69, 9.17) is 11.6 Å². The summed E-state index contributed by atoms with van der Waals surface area (Å²) in [7, 11) is 0. The maximum Gasteiger partial charge on any atom is 0.336 e. The van der Waals surface area contributed by atoms with E-state index in [1.807, 2.05) is 60.7 Å². The third kappa shape index (κ3) is 4.56. The number of carbonyl (C=O) groups is 2. The van der Waals surface area contributed by atoms with Crippen molar-refractivity contribution in [2.45, 2.75) is 6.54 Å². The van der Waals surface area contributed by atoms with Crippen LogP contribution in [0.1, 0.15) is 26.3 Å². The van der Waals surface area contributed by atoms with Gasteiger partial charge in [0.1, 0.15) is 0 Å². The average Bonchev–Trinajstić information content (AvgIpc) is 2.83. The van der Waals surface area contributed by atoms with Gasteiger partial charge in [-0.05, 0) is 59.2 Å². The van der Waals surface area contributed by atoms with E-state index in [9.17, 15) is 14.7 Å². The largest absolute Gasteiger partial charge is 0.478 e. The molecule has 1 N–H and O–H groups in total. The van der Waals surface area contributed by atoms with Crippen molar-refractivity contribution in [2.75, 3.05) is 4.90 Å². The zero-order valence-electron chi connectivity index (χ0n) is 17.1. The van der Waals surface area contributed by atoms with Crippen molar-refractivity contribution < 1.29 is 14.7 Å². The number of anilines is 1. The number of halogens is 1. The third-order valence-electron chi connectivity index (χ3n) is 5.20. The van der Waals surface area contributed by atoms with Gasteiger partial charge in [0.25, 0.3) is 5.91 Å². The molecular weight excluding hydrogens is 422 g/mol. The molecule has 4 aromatic carbocycles. The van der Waals surface area contributed by atoms with Crippen LogP contribution in [-0.2, 0) is 6.54 Å². The highest BCUT2D eigenvalue weighted by Crippen LogP contribution is 2.30. The molecule has 0 aromatic heterocycles. The van der Waals surface area contributed by atoms with Gasteiger partial charge in [-0.25, -0.2) is 4.79 Å². The molecule has 0 bridgehead atoms. The summed E-state index contributed by atoms with van der Waals surface area (Å²) in [5.74, 6) is -1.17. The SMILES string of the molecule is O=C(O)c1ccccc1-c1ccccc1CN(C(=O)c1ccc(Cl)cc1)c1ccccc1. The molecular formula is C27H20ClNO3. The molecule has 0 unspecified atom stereocenters. The van der Waals surface area contributed by atoms with Gasteiger partial charge in [-0.15, -0.1) is 0 Å². The minimum absolute atomic E-state index is 0.172. The van der Waals surface area contributed by atoms with Crippen LogP contribution in [0.2, 0.25) is 5.02 Å². The van der Waals surface area contributed by atoms with E-state index in [2.05, 4.69) is 0 Å². The Morgan fingerprint density at radius 3 is 2.00 bits per heavy atom. The Kier molecular flexibility index (Phi) is 6.34. The minimum Gasteiger partial charge on any atom is -0.478 e. The second kappa shape index (κ2) is 9.50. The van der Waals surface area contributed by atoms with E-state index in [-0.39, 0.29) is 18.0 Å². The second-order valence-electron chi connectivity index (χ2n) is 7.24. The van der Waals surface area contributed by atoms with E-state index >= 15 is 0 Å². The number of hydrogen-bond acceptors (Lipinski definition) is 2. The number of aromatic carboxylic acids is 1. The van der Waals surface area contributed by atoms with E-state index < -0.39 is 5.97 Å². The predicted octanol–water partition coefficient (Wildman–Crippen LogP) is 6.55. The van der Waals surface area contributed by atoms with Crippen molar-refractivity contribution in [1.29, 1.82) is 0 Å². The smallest absolute Gasteiger partial charge is 0.336 e. The van der Waals surface area contributed by atoms with Crippen LogP contribution >= 0.6 is 11.6 Å². The maximum absolute atomic E-state index is 13.5. The van der Waals surface area contributed by atoms with Gasteiger partial charge < -0.3 is 10.0 Å². The van der Waals surface area contributed by atoms with Crippen molar-refractivity contribution in [2.24, 2.45) is 0 Å². The summed E-state index contributed by atoms with van der Waals surface area (Å²) in [5, 5.41) is 10.2. The lowest BCUT2D eigenvalue weighted by Crippen LogP contribution is -2.30. The van der Waals surface area contributed by atoms with E-state index in [0.717, 1.165) is 16.8 Å². The summed E-state index contributed by atoms with van der Waals surface area (Å²) in [6, 6.07) is 30.6. The first kappa shape index (κ1) is 21.3. The summed E-state index contributed by atoms with van der Waals surface area (Å²) in [4.78, 5) is 27.0. The number of rotatable bonds is 6. The summed E-state index contributed by atoms with van der Waals surface area (Å²) in [6.07, 6.45) is 0. The van der Waals surface area contributed by atoms with Crippen LogP contribution < -0.4 is 4.90 Å². The van der Waals surface area contributed by atoms with Gasteiger partial charge in [-0.2, -0.15) is 0 Å². The number of carboxylic acids is 1. The number of hydrogen-bond donors (Lipinski definition) is 1. The monoisotopic (exact) mass is 441 g/mol. The molecule has 0 aliphatic rings. The molecule has 0 aliphatic heterocycles. The summed E-state index contributed by atoms with van der Waals surface area (Å²) >= 11 is 6.00. The summed E-state index contributed by atoms with van der Waals surface area (Å²) in [5.41, 5.74) is 3.70. The molecule has 0 radical (unpaired) electrons. The molecule has 0 atom stereocenters. The highest BCUT2D eigenvalue weighted by Gasteiger charge is 2.21. The van der Waals surface area contributed by atoms with E-state index in [1.165, 1.54) is 0 Å². The average molecular weight is 442 g/mol. The lowest BCUT2D eigenvalue weighted by atomic mass is 9.95. The van der Waals surface area contributed by atoms with Gasteiger partial charge in [0, 0.05) is 16.3 Å². The molecule has 4 nitrogen and oxygen atoms in total. The summed E-state index contributed by atoms with van der Waals surface area (Å²) in [6.45, 7) is 0.273. The van der Waals surface area contributed by atoms with Gasteiger partial charge in [0.2, 0.25) is 0 Å². The first-order chi connectivity index (χ1) is 15.5. The molecule has 32 heavy (non-hydrogen) atoms. The summed E-state index contributed by atoms with van der Waals surface area (Å²) < 4.78 is 0. The van der Waals surface area contributed by atoms with Crippen LogP contribution in [0.5, 0.6) is 0 Å². The molecule has 1 amide bonds. The Morgan fingerprint density at radius 1 is 0.719 bits per heavy atom. The molecule has 0 saturated carbocycles. The minimum atomic E-state index is -0.993. The predicted molar refractivity (Wildman–Crippen MR) is 127 cm³/mol. The van der Waals surface area contributed by atoms with Crippen LogP contribution in [0.25, 0.3) is 11.1 Å². The molecule has 0 saturated heterocycles. The van der Waals surface area contributed by atoms with Crippen LogP contribution in [0, 0.1) is 0 Å². The number of para-hydroxylation sites is 1. The quantitative estimate of drug-likeness (QED) is 0.369. The maximum atomic E-state index is 13.5. The first-order valence-corrected chi connectivity index (χ1v) is 10.5. The fourth-order valence-electron chi connectivity index (χ4n) is 3.63. The van der Waals surface area contributed by atoms with Crippen LogP contribution in [-0.4, -0.2) is 17.0 Å². The lowest BCUT2D eigenvalue weighted by Gasteiger charge is -2.25. The highest BCUT2D eigenvalue weighted by atomic mass is 35.5. The van der Waals surface area contributed by atoms with Crippen molar-refractivity contribution in [3.05, 3.63) is 125 Å². The molecule has 4 aromatic rings. The number of nitrogens with zero attached hydrogens (tertiary/aromatic N) is 1. The Balaban J connectivity index is 1.79. The fourth-order valence-corrected chi connectivity index (χ4v) is 3.76. The number of benzene rings is 4. The molecule has 0 heterocycles. The molecule has 4 rings (SSSR count). The molecule has 0 aliphatic carbocycles. The Morgan fingerprint density at radius 2 is 1.31 bits per heavy atom. The van der Waals surface area contributed by atoms with Crippen molar-refractivity contribution in [3.8, 4) is 11.1 Å².